The molecule has 122 valence electrons. The lowest BCUT2D eigenvalue weighted by molar-refractivity contribution is -0.127. The zero-order valence-electron chi connectivity index (χ0n) is 13.5. The summed E-state index contributed by atoms with van der Waals surface area (Å²) in [6.07, 6.45) is 1.28. The molecular weight excluding hydrogens is 310 g/mol. The fourth-order valence-corrected chi connectivity index (χ4v) is 2.37. The largest absolute Gasteiger partial charge is 0.481 e. The Balaban J connectivity index is 1.70. The summed E-state index contributed by atoms with van der Waals surface area (Å²) in [7, 11) is 0. The molecule has 0 aliphatic carbocycles. The highest BCUT2D eigenvalue weighted by molar-refractivity contribution is 6.30. The van der Waals surface area contributed by atoms with Crippen molar-refractivity contribution in [3.05, 3.63) is 64.7 Å². The Labute approximate surface area is 142 Å². The summed E-state index contributed by atoms with van der Waals surface area (Å²) in [6.45, 7) is 4.38. The molecule has 4 heteroatoms. The fraction of sp³-hybridized carbons (Fsp3) is 0.316. The monoisotopic (exact) mass is 331 g/mol. The molecule has 0 unspecified atom stereocenters. The van der Waals surface area contributed by atoms with Crippen molar-refractivity contribution in [1.29, 1.82) is 0 Å². The van der Waals surface area contributed by atoms with Crippen molar-refractivity contribution in [3.63, 3.8) is 0 Å². The van der Waals surface area contributed by atoms with Crippen LogP contribution in [-0.2, 0) is 11.2 Å². The van der Waals surface area contributed by atoms with Gasteiger partial charge in [-0.2, -0.15) is 0 Å². The summed E-state index contributed by atoms with van der Waals surface area (Å²) in [6, 6.07) is 15.5. The van der Waals surface area contributed by atoms with E-state index in [9.17, 15) is 4.79 Å². The number of hydrogen-bond acceptors (Lipinski definition) is 2. The first-order valence-electron chi connectivity index (χ1n) is 7.80. The van der Waals surface area contributed by atoms with Gasteiger partial charge in [-0.3, -0.25) is 4.79 Å². The van der Waals surface area contributed by atoms with Gasteiger partial charge in [0.1, 0.15) is 5.75 Å². The van der Waals surface area contributed by atoms with Crippen LogP contribution in [0.5, 0.6) is 5.75 Å². The molecule has 0 aromatic heterocycles. The Morgan fingerprint density at radius 2 is 1.96 bits per heavy atom. The van der Waals surface area contributed by atoms with Crippen molar-refractivity contribution in [2.45, 2.75) is 32.8 Å². The smallest absolute Gasteiger partial charge is 0.260 e. The minimum Gasteiger partial charge on any atom is -0.481 e. The van der Waals surface area contributed by atoms with Gasteiger partial charge in [-0.25, -0.2) is 0 Å². The number of carbonyl (C=O) groups excluding carboxylic acids is 1. The third kappa shape index (κ3) is 5.95. The molecule has 1 N–H and O–H groups in total. The lowest BCUT2D eigenvalue weighted by Gasteiger charge is -2.15. The number of rotatable bonds is 7. The van der Waals surface area contributed by atoms with Crippen molar-refractivity contribution < 1.29 is 9.53 Å². The average Bonchev–Trinajstić information content (AvgIpc) is 2.53. The first-order chi connectivity index (χ1) is 11.0. The second kappa shape index (κ2) is 8.59. The predicted octanol–water partition coefficient (Wildman–Crippen LogP) is 4.16. The molecule has 0 bridgehead atoms. The maximum Gasteiger partial charge on any atom is 0.260 e. The van der Waals surface area contributed by atoms with Crippen molar-refractivity contribution in [2.24, 2.45) is 0 Å². The van der Waals surface area contributed by atoms with E-state index >= 15 is 0 Å². The van der Waals surface area contributed by atoms with Gasteiger partial charge in [0.2, 0.25) is 0 Å². The number of carbonyl (C=O) groups is 1. The molecular formula is C19H22ClNO2. The number of halogens is 1. The average molecular weight is 332 g/mol. The Hall–Kier alpha value is -2.00. The minimum absolute atomic E-state index is 0.0948. The molecule has 2 rings (SSSR count). The number of amides is 1. The molecule has 0 spiro atoms. The summed E-state index contributed by atoms with van der Waals surface area (Å²) < 4.78 is 5.66. The second-order valence-corrected chi connectivity index (χ2v) is 6.03. The molecule has 1 atom stereocenters. The van der Waals surface area contributed by atoms with E-state index in [-0.39, 0.29) is 5.91 Å². The van der Waals surface area contributed by atoms with Gasteiger partial charge in [-0.05, 0) is 62.1 Å². The summed E-state index contributed by atoms with van der Waals surface area (Å²) in [5, 5.41) is 3.65. The van der Waals surface area contributed by atoms with E-state index in [2.05, 4.69) is 5.32 Å². The summed E-state index contributed by atoms with van der Waals surface area (Å²) >= 11 is 5.85. The van der Waals surface area contributed by atoms with Gasteiger partial charge in [0.25, 0.3) is 5.91 Å². The summed E-state index contributed by atoms with van der Waals surface area (Å²) in [5.74, 6) is 0.622. The molecule has 0 aliphatic heterocycles. The van der Waals surface area contributed by atoms with E-state index in [1.165, 1.54) is 5.56 Å². The van der Waals surface area contributed by atoms with E-state index in [4.69, 9.17) is 16.3 Å². The van der Waals surface area contributed by atoms with Gasteiger partial charge in [0.15, 0.2) is 6.10 Å². The van der Waals surface area contributed by atoms with Crippen LogP contribution >= 0.6 is 11.6 Å². The number of nitrogens with one attached hydrogen (secondary N) is 1. The van der Waals surface area contributed by atoms with Crippen molar-refractivity contribution in [1.82, 2.24) is 5.32 Å². The van der Waals surface area contributed by atoms with Crippen LogP contribution in [0.2, 0.25) is 5.02 Å². The van der Waals surface area contributed by atoms with Crippen LogP contribution in [-0.4, -0.2) is 18.6 Å². The Bertz CT molecular complexity index is 640. The summed E-state index contributed by atoms with van der Waals surface area (Å²) in [4.78, 5) is 12.0. The maximum absolute atomic E-state index is 12.0. The highest BCUT2D eigenvalue weighted by atomic mass is 35.5. The lowest BCUT2D eigenvalue weighted by Crippen LogP contribution is -2.36. The molecule has 0 heterocycles. The van der Waals surface area contributed by atoms with Gasteiger partial charge >= 0.3 is 0 Å². The van der Waals surface area contributed by atoms with Gasteiger partial charge in [0.05, 0.1) is 0 Å². The SMILES string of the molecule is Cc1cccc(O[C@H](C)C(=O)NCCCc2ccc(Cl)cc2)c1. The standard InChI is InChI=1S/C19H22ClNO2/c1-14-5-3-7-18(13-14)23-15(2)19(22)21-12-4-6-16-8-10-17(20)11-9-16/h3,5,7-11,13,15H,4,6,12H2,1-2H3,(H,21,22)/t15-/m1/s1. The van der Waals surface area contributed by atoms with Gasteiger partial charge < -0.3 is 10.1 Å². The third-order valence-corrected chi connectivity index (χ3v) is 3.78. The molecule has 2 aromatic carbocycles. The Kier molecular flexibility index (Phi) is 6.48. The molecule has 0 saturated carbocycles. The topological polar surface area (TPSA) is 38.3 Å². The van der Waals surface area contributed by atoms with Crippen LogP contribution in [0.1, 0.15) is 24.5 Å². The zero-order valence-corrected chi connectivity index (χ0v) is 14.3. The predicted molar refractivity (Wildman–Crippen MR) is 94.1 cm³/mol. The number of aryl methyl sites for hydroxylation is 2. The van der Waals surface area contributed by atoms with E-state index < -0.39 is 6.10 Å². The van der Waals surface area contributed by atoms with Crippen LogP contribution in [0.25, 0.3) is 0 Å². The number of benzene rings is 2. The first kappa shape index (κ1) is 17.4. The highest BCUT2D eigenvalue weighted by Gasteiger charge is 2.13. The van der Waals surface area contributed by atoms with E-state index in [0.717, 1.165) is 23.4 Å². The Morgan fingerprint density at radius 1 is 1.22 bits per heavy atom. The molecule has 0 aliphatic rings. The van der Waals surface area contributed by atoms with Crippen molar-refractivity contribution in [2.75, 3.05) is 6.54 Å². The van der Waals surface area contributed by atoms with Crippen LogP contribution in [0.3, 0.4) is 0 Å². The molecule has 0 saturated heterocycles. The molecule has 23 heavy (non-hydrogen) atoms. The fourth-order valence-electron chi connectivity index (χ4n) is 2.25. The first-order valence-corrected chi connectivity index (χ1v) is 8.18. The molecule has 0 fully saturated rings. The minimum atomic E-state index is -0.507. The molecule has 3 nitrogen and oxygen atoms in total. The molecule has 1 amide bonds. The third-order valence-electron chi connectivity index (χ3n) is 3.53. The molecule has 2 aromatic rings. The van der Waals surface area contributed by atoms with Crippen molar-refractivity contribution in [3.8, 4) is 5.75 Å². The van der Waals surface area contributed by atoms with E-state index in [0.29, 0.717) is 12.3 Å². The normalized spacial score (nSPS) is 11.8. The Morgan fingerprint density at radius 3 is 2.65 bits per heavy atom. The second-order valence-electron chi connectivity index (χ2n) is 5.60. The summed E-state index contributed by atoms with van der Waals surface area (Å²) in [5.41, 5.74) is 2.32. The quantitative estimate of drug-likeness (QED) is 0.773. The van der Waals surface area contributed by atoms with Gasteiger partial charge in [0, 0.05) is 11.6 Å². The number of hydrogen-bond donors (Lipinski definition) is 1. The van der Waals surface area contributed by atoms with E-state index in [1.54, 1.807) is 6.92 Å². The molecule has 0 radical (unpaired) electrons. The van der Waals surface area contributed by atoms with E-state index in [1.807, 2.05) is 55.5 Å². The van der Waals surface area contributed by atoms with Crippen LogP contribution in [0.15, 0.2) is 48.5 Å². The van der Waals surface area contributed by atoms with Crippen LogP contribution in [0.4, 0.5) is 0 Å². The van der Waals surface area contributed by atoms with Crippen LogP contribution < -0.4 is 10.1 Å². The number of ether oxygens (including phenoxy) is 1. The lowest BCUT2D eigenvalue weighted by atomic mass is 10.1. The highest BCUT2D eigenvalue weighted by Crippen LogP contribution is 2.14. The zero-order chi connectivity index (χ0) is 16.7. The van der Waals surface area contributed by atoms with Gasteiger partial charge in [-0.15, -0.1) is 0 Å². The maximum atomic E-state index is 12.0. The van der Waals surface area contributed by atoms with Crippen LogP contribution in [0, 0.1) is 6.92 Å². The van der Waals surface area contributed by atoms with Gasteiger partial charge in [-0.1, -0.05) is 35.9 Å². The van der Waals surface area contributed by atoms with Crippen molar-refractivity contribution >= 4 is 17.5 Å².